The Kier molecular flexibility index (Phi) is 36.0. The number of H-pyrrole nitrogens is 2. The van der Waals surface area contributed by atoms with E-state index in [1.807, 2.05) is 64.1 Å². The molecule has 3 saturated heterocycles. The summed E-state index contributed by atoms with van der Waals surface area (Å²) in [5.41, 5.74) is 19.5. The van der Waals surface area contributed by atoms with Crippen LogP contribution in [0.15, 0.2) is 85.2 Å². The van der Waals surface area contributed by atoms with Crippen LogP contribution in [-0.4, -0.2) is 284 Å². The van der Waals surface area contributed by atoms with Crippen LogP contribution in [0.25, 0.3) is 21.8 Å². The number of nitrogens with one attached hydrogen (secondary N) is 12. The molecule has 2 aromatic heterocycles. The highest BCUT2D eigenvalue weighted by atomic mass is 32.2. The number of carbonyl (C=O) groups is 16. The monoisotopic (exact) mass is 1780 g/mol. The van der Waals surface area contributed by atoms with Crippen LogP contribution in [0.2, 0.25) is 0 Å². The second-order valence-corrected chi connectivity index (χ2v) is 35.6. The van der Waals surface area contributed by atoms with E-state index in [9.17, 15) is 48.3 Å². The fourth-order valence-corrected chi connectivity index (χ4v) is 17.4. The average molecular weight is 1780 g/mol. The fraction of sp³-hybridized carbons (Fsp3) is 0.573. The molecule has 1 saturated carbocycles. The molecule has 0 bridgehead atoms. The molecule has 4 fully saturated rings. The lowest BCUT2D eigenvalue weighted by Gasteiger charge is -2.36. The average Bonchev–Trinajstić information content (AvgIpc) is 1.60. The third-order valence-corrected chi connectivity index (χ3v) is 25.1. The van der Waals surface area contributed by atoms with Crippen molar-refractivity contribution in [2.45, 2.75) is 248 Å². The van der Waals surface area contributed by atoms with Gasteiger partial charge in [-0.25, -0.2) is 0 Å². The fourth-order valence-electron chi connectivity index (χ4n) is 16.6. The molecule has 0 radical (unpaired) electrons. The Morgan fingerprint density at radius 2 is 1.02 bits per heavy atom. The first-order valence-electron chi connectivity index (χ1n) is 44.1. The Hall–Kier alpha value is -11.7. The van der Waals surface area contributed by atoms with Gasteiger partial charge >= 0.3 is 0 Å². The van der Waals surface area contributed by atoms with Gasteiger partial charge in [-0.1, -0.05) is 116 Å². The minimum absolute atomic E-state index is 0.0109. The van der Waals surface area contributed by atoms with E-state index in [-0.39, 0.29) is 120 Å². The third kappa shape index (κ3) is 26.3. The topological polar surface area (TPSA) is 539 Å². The van der Waals surface area contributed by atoms with Gasteiger partial charge in [-0.15, -0.1) is 11.8 Å². The molecule has 3 aromatic carbocycles. The summed E-state index contributed by atoms with van der Waals surface area (Å²) < 4.78 is 0. The summed E-state index contributed by atoms with van der Waals surface area (Å²) in [5, 5.41) is 39.2. The lowest BCUT2D eigenvalue weighted by Crippen LogP contribution is -2.62. The number of aromatic nitrogens is 2. The summed E-state index contributed by atoms with van der Waals surface area (Å²) in [6.45, 7) is 11.3. The number of likely N-dealkylation sites (N-methyl/N-ethyl adjacent to an activating group) is 3. The molecular formula is C89H128N20O17S. The first-order chi connectivity index (χ1) is 60.5. The van der Waals surface area contributed by atoms with Crippen LogP contribution in [-0.2, 0) is 96.0 Å². The van der Waals surface area contributed by atoms with Crippen LogP contribution in [0.1, 0.15) is 161 Å². The van der Waals surface area contributed by atoms with Gasteiger partial charge in [0.25, 0.3) is 0 Å². The Morgan fingerprint density at radius 3 is 1.59 bits per heavy atom. The number of nitrogens with zero attached hydrogens (tertiary/aromatic N) is 5. The van der Waals surface area contributed by atoms with Gasteiger partial charge in [0, 0.05) is 100.0 Å². The maximum absolute atomic E-state index is 15.8. The van der Waals surface area contributed by atoms with Gasteiger partial charge in [0.2, 0.25) is 94.5 Å². The Labute approximate surface area is 744 Å². The highest BCUT2D eigenvalue weighted by molar-refractivity contribution is 8.00. The highest BCUT2D eigenvalue weighted by Gasteiger charge is 2.56. The number of para-hydroxylation sites is 2. The smallest absolute Gasteiger partial charge is 0.249 e. The number of amides is 16. The molecule has 5 aromatic rings. The van der Waals surface area contributed by atoms with Gasteiger partial charge in [0.05, 0.1) is 12.3 Å². The molecule has 38 heteroatoms. The molecule has 19 N–H and O–H groups in total. The van der Waals surface area contributed by atoms with Crippen LogP contribution in [0.4, 0.5) is 0 Å². The van der Waals surface area contributed by atoms with E-state index in [0.29, 0.717) is 77.0 Å². The van der Waals surface area contributed by atoms with E-state index in [4.69, 9.17) is 17.2 Å². The lowest BCUT2D eigenvalue weighted by atomic mass is 9.99. The number of phenolic OH excluding ortho intramolecular Hbond substituents is 1. The second kappa shape index (κ2) is 46.2. The zero-order valence-electron chi connectivity index (χ0n) is 74.3. The molecule has 692 valence electrons. The standard InChI is InChI=1S/C89H128N20O17S/c1-11-13-25-69-81(119)98-62(39-50(3)4)78(116)103-68(76(114)95-47-73(92)111)48-127-49-74(112)96-65(41-53-29-31-56(110)32-30-53)84(122)105(8)52(7)75(113)104-89(34-35-89)88(126)109-38-20-28-71(109)83(121)102-67(44-91)80(118)100-64(40-51(5)6)86(124)108-37-19-27-70(108)82(120)99-63(42-54-45-93-59-23-17-15-21-57(54)59)79(117)97-61(33-36-90)77(115)101-66(43-55-46-94-60-24-18-16-22-58(55)60)85(123)107(10)72(26-14-12-2)87(125)106(69)9/h15-18,21-24,29-32,45-46,50-52,61-72,93-94,110H,11-14,19-20,25-28,33-44,47-49,90-91H2,1-10H3,(H2,92,111)(H,95,114)(H,96,112)(H,97,117)(H,98,119)(H,99,120)(H,100,118)(H,101,115)(H,102,121)(H,103,116)(H,104,113)/t52-,61-,62-,63-,64-,65-,66-,67-,68-,69-,70-,71-,72-/m0/s1. The van der Waals surface area contributed by atoms with E-state index in [0.717, 1.165) is 16.7 Å². The molecule has 13 atom stereocenters. The quantitative estimate of drug-likeness (QED) is 0.0449. The van der Waals surface area contributed by atoms with Crippen molar-refractivity contribution in [2.24, 2.45) is 29.0 Å². The molecule has 0 unspecified atom stereocenters. The number of aromatic hydroxyl groups is 1. The van der Waals surface area contributed by atoms with Gasteiger partial charge in [0.1, 0.15) is 89.8 Å². The number of phenols is 1. The highest BCUT2D eigenvalue weighted by Crippen LogP contribution is 2.40. The van der Waals surface area contributed by atoms with Gasteiger partial charge in [0.15, 0.2) is 0 Å². The number of rotatable bonds is 22. The number of fused-ring (bicyclic) bond motifs is 4. The summed E-state index contributed by atoms with van der Waals surface area (Å²) in [5.74, 6) is -13.8. The van der Waals surface area contributed by atoms with Crippen molar-refractivity contribution >= 4 is 128 Å². The number of aromatic amines is 2. The predicted octanol–water partition coefficient (Wildman–Crippen LogP) is 0.521. The van der Waals surface area contributed by atoms with Crippen LogP contribution in [0.3, 0.4) is 0 Å². The Morgan fingerprint density at radius 1 is 0.528 bits per heavy atom. The van der Waals surface area contributed by atoms with Gasteiger partial charge in [-0.05, 0) is 137 Å². The molecule has 127 heavy (non-hydrogen) atoms. The van der Waals surface area contributed by atoms with Crippen molar-refractivity contribution < 1.29 is 81.8 Å². The number of benzene rings is 3. The maximum Gasteiger partial charge on any atom is 0.249 e. The molecule has 1 aliphatic carbocycles. The van der Waals surface area contributed by atoms with E-state index in [1.165, 1.54) is 71.9 Å². The zero-order chi connectivity index (χ0) is 92.7. The third-order valence-electron chi connectivity index (χ3n) is 24.0. The number of hydrogen-bond donors (Lipinski definition) is 16. The van der Waals surface area contributed by atoms with E-state index < -0.39 is 197 Å². The molecular weight excluding hydrogens is 1650 g/mol. The van der Waals surface area contributed by atoms with Crippen molar-refractivity contribution in [2.75, 3.05) is 65.4 Å². The normalized spacial score (nSPS) is 25.3. The predicted molar refractivity (Wildman–Crippen MR) is 476 cm³/mol. The van der Waals surface area contributed by atoms with Crippen molar-refractivity contribution in [3.63, 3.8) is 0 Å². The number of hydrogen-bond acceptors (Lipinski definition) is 20. The number of thioether (sulfide) groups is 1. The van der Waals surface area contributed by atoms with Crippen molar-refractivity contribution in [1.29, 1.82) is 0 Å². The molecule has 3 aliphatic heterocycles. The lowest BCUT2D eigenvalue weighted by molar-refractivity contribution is -0.149. The number of nitrogens with two attached hydrogens (primary N) is 3. The summed E-state index contributed by atoms with van der Waals surface area (Å²) in [7, 11) is 4.17. The second-order valence-electron chi connectivity index (χ2n) is 34.6. The number of primary amides is 1. The van der Waals surface area contributed by atoms with Crippen molar-refractivity contribution in [3.05, 3.63) is 102 Å². The van der Waals surface area contributed by atoms with E-state index in [1.54, 1.807) is 38.4 Å². The molecule has 1 spiro atoms. The van der Waals surface area contributed by atoms with Crippen LogP contribution in [0, 0.1) is 11.8 Å². The summed E-state index contributed by atoms with van der Waals surface area (Å²) in [6, 6.07) is 2.75. The van der Waals surface area contributed by atoms with E-state index in [2.05, 4.69) is 63.1 Å². The molecule has 16 amide bonds. The minimum atomic E-state index is -1.51. The number of carbonyl (C=O) groups excluding carboxylic acids is 16. The van der Waals surface area contributed by atoms with Gasteiger partial charge in [-0.3, -0.25) is 76.7 Å². The molecule has 4 aliphatic rings. The summed E-state index contributed by atoms with van der Waals surface area (Å²) in [6.07, 6.45) is 6.08. The SMILES string of the molecule is CCCC[C@H]1C(=O)N(C)[C@@H](CCCC)C(=O)N[C@@H](CC(C)C)C(=O)N[C@H](C(=O)NCC(N)=O)CSCC(=O)N[C@@H](Cc2ccc(O)cc2)C(=O)N(C)[C@@H](C)C(=O)NC2(CC2)C(=O)N2CCC[C@H]2C(=O)N[C@@H](CN)C(=O)N[C@@H](CC(C)C)C(=O)N2CCC[C@H]2C(=O)N[C@@H](Cc2c[nH]c3ccccc23)C(=O)N[C@@H](CCN)C(=O)N[C@@H](Cc2c[nH]c3ccccc23)C(=O)N1C. The minimum Gasteiger partial charge on any atom is -0.508 e. The number of unbranched alkanes of at least 4 members (excludes halogenated alkanes) is 2. The summed E-state index contributed by atoms with van der Waals surface area (Å²) >= 11 is 0.847. The molecule has 9 rings (SSSR count). The summed E-state index contributed by atoms with van der Waals surface area (Å²) in [4.78, 5) is 248. The van der Waals surface area contributed by atoms with Crippen LogP contribution >= 0.6 is 11.8 Å². The molecule has 37 nitrogen and oxygen atoms in total. The maximum atomic E-state index is 15.8. The van der Waals surface area contributed by atoms with E-state index >= 15 is 33.6 Å². The Bertz CT molecular complexity index is 4760. The van der Waals surface area contributed by atoms with Crippen LogP contribution in [0.5, 0.6) is 5.75 Å². The van der Waals surface area contributed by atoms with Gasteiger partial charge < -0.3 is 110 Å². The largest absolute Gasteiger partial charge is 0.508 e. The zero-order valence-corrected chi connectivity index (χ0v) is 75.1. The van der Waals surface area contributed by atoms with Crippen molar-refractivity contribution in [1.82, 2.24) is 87.6 Å². The first kappa shape index (κ1) is 99.1. The van der Waals surface area contributed by atoms with Crippen molar-refractivity contribution in [3.8, 4) is 5.75 Å². The first-order valence-corrected chi connectivity index (χ1v) is 45.2. The Balaban J connectivity index is 1.07. The van der Waals surface area contributed by atoms with Crippen LogP contribution < -0.4 is 70.4 Å². The van der Waals surface area contributed by atoms with Gasteiger partial charge in [-0.2, -0.15) is 0 Å². The molecule has 5 heterocycles.